The molecular formula is C13H14BrN3. The topological polar surface area (TPSA) is 37.8 Å². The van der Waals surface area contributed by atoms with Crippen molar-refractivity contribution in [2.24, 2.45) is 0 Å². The molecule has 1 atom stereocenters. The number of halogens is 1. The minimum absolute atomic E-state index is 0.227. The fourth-order valence-electron chi connectivity index (χ4n) is 1.70. The molecule has 1 N–H and O–H groups in total. The molecule has 0 fully saturated rings. The fraction of sp³-hybridized carbons (Fsp3) is 0.231. The average Bonchev–Trinajstić information content (AvgIpc) is 2.38. The zero-order valence-electron chi connectivity index (χ0n) is 9.60. The zero-order chi connectivity index (χ0) is 12.1. The third kappa shape index (κ3) is 3.35. The SMILES string of the molecule is CNC(Cc1ccncc1)c1ccc(Br)cn1. The van der Waals surface area contributed by atoms with Crippen LogP contribution in [0.2, 0.25) is 0 Å². The molecule has 2 rings (SSSR count). The maximum absolute atomic E-state index is 4.42. The largest absolute Gasteiger partial charge is 0.311 e. The molecule has 0 aliphatic rings. The number of hydrogen-bond donors (Lipinski definition) is 1. The summed E-state index contributed by atoms with van der Waals surface area (Å²) >= 11 is 3.39. The third-order valence-corrected chi connectivity index (χ3v) is 3.11. The van der Waals surface area contributed by atoms with Crippen molar-refractivity contribution in [1.82, 2.24) is 15.3 Å². The van der Waals surface area contributed by atoms with E-state index < -0.39 is 0 Å². The van der Waals surface area contributed by atoms with Crippen molar-refractivity contribution in [3.05, 3.63) is 58.6 Å². The highest BCUT2D eigenvalue weighted by atomic mass is 79.9. The summed E-state index contributed by atoms with van der Waals surface area (Å²) in [5, 5.41) is 3.29. The Morgan fingerprint density at radius 2 is 2.00 bits per heavy atom. The molecule has 3 nitrogen and oxygen atoms in total. The summed E-state index contributed by atoms with van der Waals surface area (Å²) in [6.45, 7) is 0. The second kappa shape index (κ2) is 5.89. The molecule has 2 aromatic rings. The van der Waals surface area contributed by atoms with Gasteiger partial charge in [-0.3, -0.25) is 9.97 Å². The Morgan fingerprint density at radius 3 is 2.59 bits per heavy atom. The second-order valence-corrected chi connectivity index (χ2v) is 4.72. The molecule has 0 bridgehead atoms. The first kappa shape index (κ1) is 12.2. The highest BCUT2D eigenvalue weighted by Gasteiger charge is 2.11. The molecule has 0 saturated heterocycles. The van der Waals surface area contributed by atoms with Crippen LogP contribution in [0.25, 0.3) is 0 Å². The van der Waals surface area contributed by atoms with Crippen molar-refractivity contribution in [2.45, 2.75) is 12.5 Å². The molecule has 4 heteroatoms. The predicted molar refractivity (Wildman–Crippen MR) is 71.7 cm³/mol. The number of nitrogens with zero attached hydrogens (tertiary/aromatic N) is 2. The van der Waals surface area contributed by atoms with Gasteiger partial charge in [-0.05, 0) is 59.2 Å². The Kier molecular flexibility index (Phi) is 4.23. The fourth-order valence-corrected chi connectivity index (χ4v) is 1.94. The van der Waals surface area contributed by atoms with Gasteiger partial charge < -0.3 is 5.32 Å². The van der Waals surface area contributed by atoms with E-state index in [0.717, 1.165) is 16.6 Å². The van der Waals surface area contributed by atoms with Gasteiger partial charge in [-0.1, -0.05) is 0 Å². The number of rotatable bonds is 4. The lowest BCUT2D eigenvalue weighted by molar-refractivity contribution is 0.575. The first-order valence-corrected chi connectivity index (χ1v) is 6.26. The van der Waals surface area contributed by atoms with Crippen molar-refractivity contribution >= 4 is 15.9 Å². The van der Waals surface area contributed by atoms with E-state index in [9.17, 15) is 0 Å². The van der Waals surface area contributed by atoms with Crippen LogP contribution in [0.1, 0.15) is 17.3 Å². The van der Waals surface area contributed by atoms with Gasteiger partial charge in [0.1, 0.15) is 0 Å². The van der Waals surface area contributed by atoms with Crippen LogP contribution in [0.5, 0.6) is 0 Å². The van der Waals surface area contributed by atoms with E-state index in [1.807, 2.05) is 49.9 Å². The standard InChI is InChI=1S/C13H14BrN3/c1-15-13(8-10-4-6-16-7-5-10)12-3-2-11(14)9-17-12/h2-7,9,13,15H,8H2,1H3. The minimum atomic E-state index is 0.227. The Hall–Kier alpha value is -1.26. The summed E-state index contributed by atoms with van der Waals surface area (Å²) < 4.78 is 1.00. The van der Waals surface area contributed by atoms with E-state index in [2.05, 4.69) is 31.2 Å². The van der Waals surface area contributed by atoms with Gasteiger partial charge in [-0.2, -0.15) is 0 Å². The molecule has 0 spiro atoms. The van der Waals surface area contributed by atoms with E-state index in [4.69, 9.17) is 0 Å². The lowest BCUT2D eigenvalue weighted by Crippen LogP contribution is -2.19. The van der Waals surface area contributed by atoms with Gasteiger partial charge in [0.2, 0.25) is 0 Å². The van der Waals surface area contributed by atoms with Crippen LogP contribution in [0, 0.1) is 0 Å². The Morgan fingerprint density at radius 1 is 1.24 bits per heavy atom. The number of aromatic nitrogens is 2. The molecule has 2 heterocycles. The minimum Gasteiger partial charge on any atom is -0.311 e. The van der Waals surface area contributed by atoms with E-state index in [-0.39, 0.29) is 6.04 Å². The normalized spacial score (nSPS) is 12.4. The predicted octanol–water partition coefficient (Wildman–Crippen LogP) is 2.74. The lowest BCUT2D eigenvalue weighted by atomic mass is 10.0. The number of pyridine rings is 2. The average molecular weight is 292 g/mol. The highest BCUT2D eigenvalue weighted by molar-refractivity contribution is 9.10. The second-order valence-electron chi connectivity index (χ2n) is 3.80. The van der Waals surface area contributed by atoms with E-state index in [1.165, 1.54) is 5.56 Å². The Balaban J connectivity index is 2.14. The van der Waals surface area contributed by atoms with E-state index in [0.29, 0.717) is 0 Å². The maximum Gasteiger partial charge on any atom is 0.0577 e. The number of likely N-dealkylation sites (N-methyl/N-ethyl adjacent to an activating group) is 1. The summed E-state index contributed by atoms with van der Waals surface area (Å²) in [4.78, 5) is 8.44. The molecule has 0 radical (unpaired) electrons. The van der Waals surface area contributed by atoms with Gasteiger partial charge >= 0.3 is 0 Å². The van der Waals surface area contributed by atoms with Gasteiger partial charge in [0.15, 0.2) is 0 Å². The summed E-state index contributed by atoms with van der Waals surface area (Å²) in [6.07, 6.45) is 6.37. The Labute approximate surface area is 109 Å². The van der Waals surface area contributed by atoms with E-state index >= 15 is 0 Å². The van der Waals surface area contributed by atoms with Crippen LogP contribution in [0.4, 0.5) is 0 Å². The van der Waals surface area contributed by atoms with Crippen LogP contribution in [-0.4, -0.2) is 17.0 Å². The molecule has 0 saturated carbocycles. The third-order valence-electron chi connectivity index (χ3n) is 2.64. The zero-order valence-corrected chi connectivity index (χ0v) is 11.2. The molecule has 88 valence electrons. The lowest BCUT2D eigenvalue weighted by Gasteiger charge is -2.15. The van der Waals surface area contributed by atoms with Gasteiger partial charge in [-0.25, -0.2) is 0 Å². The van der Waals surface area contributed by atoms with Crippen LogP contribution >= 0.6 is 15.9 Å². The Bertz CT molecular complexity index is 456. The van der Waals surface area contributed by atoms with Crippen molar-refractivity contribution < 1.29 is 0 Å². The van der Waals surface area contributed by atoms with Crippen molar-refractivity contribution in [2.75, 3.05) is 7.05 Å². The summed E-state index contributed by atoms with van der Waals surface area (Å²) in [5.41, 5.74) is 2.30. The number of nitrogens with one attached hydrogen (secondary N) is 1. The molecule has 1 unspecified atom stereocenters. The number of hydrogen-bond acceptors (Lipinski definition) is 3. The van der Waals surface area contributed by atoms with Gasteiger partial charge in [-0.15, -0.1) is 0 Å². The summed E-state index contributed by atoms with van der Waals surface area (Å²) in [6, 6.07) is 8.34. The maximum atomic E-state index is 4.42. The van der Waals surface area contributed by atoms with Crippen LogP contribution in [-0.2, 0) is 6.42 Å². The molecular weight excluding hydrogens is 278 g/mol. The van der Waals surface area contributed by atoms with E-state index in [1.54, 1.807) is 0 Å². The monoisotopic (exact) mass is 291 g/mol. The first-order valence-electron chi connectivity index (χ1n) is 5.47. The smallest absolute Gasteiger partial charge is 0.0577 e. The molecule has 17 heavy (non-hydrogen) atoms. The van der Waals surface area contributed by atoms with Crippen molar-refractivity contribution in [3.8, 4) is 0 Å². The van der Waals surface area contributed by atoms with Crippen LogP contribution < -0.4 is 5.32 Å². The first-order chi connectivity index (χ1) is 8.29. The summed E-state index contributed by atoms with van der Waals surface area (Å²) in [5.74, 6) is 0. The molecule has 0 amide bonds. The molecule has 0 aromatic carbocycles. The molecule has 0 aliphatic heterocycles. The molecule has 0 aliphatic carbocycles. The molecule has 2 aromatic heterocycles. The van der Waals surface area contributed by atoms with Gasteiger partial charge in [0, 0.05) is 23.1 Å². The quantitative estimate of drug-likeness (QED) is 0.941. The highest BCUT2D eigenvalue weighted by Crippen LogP contribution is 2.17. The summed E-state index contributed by atoms with van der Waals surface area (Å²) in [7, 11) is 1.95. The van der Waals surface area contributed by atoms with Crippen molar-refractivity contribution in [1.29, 1.82) is 0 Å². The van der Waals surface area contributed by atoms with Gasteiger partial charge in [0.05, 0.1) is 11.7 Å². The van der Waals surface area contributed by atoms with Crippen molar-refractivity contribution in [3.63, 3.8) is 0 Å². The van der Waals surface area contributed by atoms with Gasteiger partial charge in [0.25, 0.3) is 0 Å². The van der Waals surface area contributed by atoms with Crippen LogP contribution in [0.15, 0.2) is 47.3 Å². The van der Waals surface area contributed by atoms with Crippen LogP contribution in [0.3, 0.4) is 0 Å².